The number of hydrogen-bond acceptors (Lipinski definition) is 3. The van der Waals surface area contributed by atoms with E-state index in [0.717, 1.165) is 31.2 Å². The molecule has 0 atom stereocenters. The van der Waals surface area contributed by atoms with Crippen molar-refractivity contribution in [3.8, 4) is 5.75 Å². The summed E-state index contributed by atoms with van der Waals surface area (Å²) in [5, 5.41) is 5.82. The van der Waals surface area contributed by atoms with Crippen molar-refractivity contribution in [3.05, 3.63) is 51.2 Å². The van der Waals surface area contributed by atoms with Crippen LogP contribution in [0.1, 0.15) is 40.9 Å². The van der Waals surface area contributed by atoms with Gasteiger partial charge in [-0.05, 0) is 42.0 Å². The molecule has 0 aliphatic heterocycles. The highest BCUT2D eigenvalue weighted by Crippen LogP contribution is 2.40. The lowest BCUT2D eigenvalue weighted by Gasteiger charge is -2.31. The Kier molecular flexibility index (Phi) is 4.41. The second-order valence-corrected chi connectivity index (χ2v) is 6.92. The van der Waals surface area contributed by atoms with Crippen LogP contribution in [0.2, 0.25) is 5.02 Å². The molecule has 5 heteroatoms. The molecule has 0 spiro atoms. The monoisotopic (exact) mass is 335 g/mol. The number of hydrogen-bond donors (Lipinski definition) is 1. The molecule has 0 unspecified atom stereocenters. The fourth-order valence-corrected chi connectivity index (χ4v) is 4.09. The van der Waals surface area contributed by atoms with Gasteiger partial charge in [-0.2, -0.15) is 0 Å². The van der Waals surface area contributed by atoms with Gasteiger partial charge in [-0.1, -0.05) is 36.6 Å². The van der Waals surface area contributed by atoms with E-state index in [1.165, 1.54) is 11.3 Å². The fraction of sp³-hybridized carbons (Fsp3) is 0.353. The molecule has 0 bridgehead atoms. The van der Waals surface area contributed by atoms with Gasteiger partial charge in [0.05, 0.1) is 12.6 Å². The van der Waals surface area contributed by atoms with E-state index in [2.05, 4.69) is 5.32 Å². The van der Waals surface area contributed by atoms with Crippen molar-refractivity contribution in [2.45, 2.75) is 31.2 Å². The highest BCUT2D eigenvalue weighted by Gasteiger charge is 2.38. The van der Waals surface area contributed by atoms with Gasteiger partial charge in [-0.25, -0.2) is 0 Å². The van der Waals surface area contributed by atoms with E-state index >= 15 is 0 Å². The van der Waals surface area contributed by atoms with Crippen LogP contribution < -0.4 is 10.1 Å². The average molecular weight is 336 g/mol. The van der Waals surface area contributed by atoms with Gasteiger partial charge in [-0.15, -0.1) is 11.3 Å². The Morgan fingerprint density at radius 2 is 2.09 bits per heavy atom. The van der Waals surface area contributed by atoms with E-state index in [4.69, 9.17) is 16.3 Å². The number of benzene rings is 1. The summed E-state index contributed by atoms with van der Waals surface area (Å²) in [7, 11) is 1.58. The number of methoxy groups -OCH3 is 1. The lowest BCUT2D eigenvalue weighted by Crippen LogP contribution is -2.43. The predicted molar refractivity (Wildman–Crippen MR) is 89.9 cm³/mol. The first-order valence-electron chi connectivity index (χ1n) is 7.35. The number of carbonyl (C=O) groups is 1. The third-order valence-electron chi connectivity index (χ3n) is 4.24. The van der Waals surface area contributed by atoms with Crippen molar-refractivity contribution in [2.24, 2.45) is 0 Å². The Hall–Kier alpha value is -1.52. The zero-order chi connectivity index (χ0) is 15.6. The van der Waals surface area contributed by atoms with Gasteiger partial charge in [0.25, 0.3) is 5.91 Å². The van der Waals surface area contributed by atoms with Gasteiger partial charge in [0.2, 0.25) is 0 Å². The Labute approximate surface area is 139 Å². The van der Waals surface area contributed by atoms with Crippen molar-refractivity contribution in [2.75, 3.05) is 7.11 Å². The largest absolute Gasteiger partial charge is 0.495 e. The van der Waals surface area contributed by atoms with Crippen molar-refractivity contribution in [1.29, 1.82) is 0 Å². The summed E-state index contributed by atoms with van der Waals surface area (Å²) in [4.78, 5) is 13.3. The molecular weight excluding hydrogens is 318 g/mol. The summed E-state index contributed by atoms with van der Waals surface area (Å²) in [5.74, 6) is 0.551. The quantitative estimate of drug-likeness (QED) is 0.886. The molecule has 1 heterocycles. The molecule has 3 rings (SSSR count). The van der Waals surface area contributed by atoms with Crippen molar-refractivity contribution in [1.82, 2.24) is 5.32 Å². The lowest BCUT2D eigenvalue weighted by atomic mass is 9.88. The van der Waals surface area contributed by atoms with Crippen LogP contribution in [0.15, 0.2) is 35.7 Å². The van der Waals surface area contributed by atoms with Crippen LogP contribution in [-0.4, -0.2) is 13.0 Å². The van der Waals surface area contributed by atoms with E-state index in [1.807, 2.05) is 35.7 Å². The standard InChI is InChI=1S/C17H18ClNO2S/c1-21-14-7-10-22-15(14)16(20)19-17(8-2-3-9-17)12-5-4-6-13(18)11-12/h4-7,10-11H,2-3,8-9H2,1H3,(H,19,20). The molecule has 22 heavy (non-hydrogen) atoms. The SMILES string of the molecule is COc1ccsc1C(=O)NC1(c2cccc(Cl)c2)CCCC1. The summed E-state index contributed by atoms with van der Waals surface area (Å²) in [5.41, 5.74) is 0.762. The molecule has 1 N–H and O–H groups in total. The van der Waals surface area contributed by atoms with Gasteiger partial charge in [0, 0.05) is 5.02 Å². The Bertz CT molecular complexity index is 677. The number of amides is 1. The molecule has 1 amide bonds. The van der Waals surface area contributed by atoms with Crippen LogP contribution in [0, 0.1) is 0 Å². The highest BCUT2D eigenvalue weighted by atomic mass is 35.5. The molecule has 1 fully saturated rings. The van der Waals surface area contributed by atoms with Gasteiger partial charge in [0.1, 0.15) is 10.6 Å². The van der Waals surface area contributed by atoms with Gasteiger partial charge in [0.15, 0.2) is 0 Å². The second kappa shape index (κ2) is 6.31. The predicted octanol–water partition coefficient (Wildman–Crippen LogP) is 4.61. The molecule has 1 aliphatic carbocycles. The number of thiophene rings is 1. The molecule has 1 aliphatic rings. The van der Waals surface area contributed by atoms with E-state index in [0.29, 0.717) is 15.6 Å². The minimum Gasteiger partial charge on any atom is -0.495 e. The Morgan fingerprint density at radius 3 is 2.77 bits per heavy atom. The normalized spacial score (nSPS) is 16.5. The molecule has 1 aromatic heterocycles. The molecule has 116 valence electrons. The summed E-state index contributed by atoms with van der Waals surface area (Å²) < 4.78 is 5.26. The maximum Gasteiger partial charge on any atom is 0.265 e. The first-order valence-corrected chi connectivity index (χ1v) is 8.60. The molecular formula is C17H18ClNO2S. The minimum absolute atomic E-state index is 0.0753. The van der Waals surface area contributed by atoms with E-state index < -0.39 is 0 Å². The molecule has 1 aromatic carbocycles. The summed E-state index contributed by atoms with van der Waals surface area (Å²) in [6.07, 6.45) is 4.09. The molecule has 0 saturated heterocycles. The molecule has 2 aromatic rings. The van der Waals surface area contributed by atoms with E-state index in [1.54, 1.807) is 7.11 Å². The van der Waals surface area contributed by atoms with Crippen molar-refractivity contribution in [3.63, 3.8) is 0 Å². The topological polar surface area (TPSA) is 38.3 Å². The van der Waals surface area contributed by atoms with Crippen LogP contribution in [0.5, 0.6) is 5.75 Å². The summed E-state index contributed by atoms with van der Waals surface area (Å²) >= 11 is 7.54. The average Bonchev–Trinajstić information content (AvgIpc) is 3.16. The number of rotatable bonds is 4. The van der Waals surface area contributed by atoms with E-state index in [9.17, 15) is 4.79 Å². The highest BCUT2D eigenvalue weighted by molar-refractivity contribution is 7.12. The lowest BCUT2D eigenvalue weighted by molar-refractivity contribution is 0.0899. The number of nitrogens with one attached hydrogen (secondary N) is 1. The zero-order valence-electron chi connectivity index (χ0n) is 12.4. The number of halogens is 1. The van der Waals surface area contributed by atoms with Crippen molar-refractivity contribution >= 4 is 28.8 Å². The maximum absolute atomic E-state index is 12.7. The number of ether oxygens (including phenoxy) is 1. The second-order valence-electron chi connectivity index (χ2n) is 5.57. The smallest absolute Gasteiger partial charge is 0.265 e. The van der Waals surface area contributed by atoms with Crippen LogP contribution in [-0.2, 0) is 5.54 Å². The van der Waals surface area contributed by atoms with Crippen LogP contribution in [0.3, 0.4) is 0 Å². The van der Waals surface area contributed by atoms with Crippen LogP contribution in [0.4, 0.5) is 0 Å². The molecule has 3 nitrogen and oxygen atoms in total. The number of carbonyl (C=O) groups excluding carboxylic acids is 1. The van der Waals surface area contributed by atoms with Crippen LogP contribution in [0.25, 0.3) is 0 Å². The first kappa shape index (κ1) is 15.4. The summed E-state index contributed by atoms with van der Waals surface area (Å²) in [6.45, 7) is 0. The molecule has 1 saturated carbocycles. The zero-order valence-corrected chi connectivity index (χ0v) is 14.0. The maximum atomic E-state index is 12.7. The fourth-order valence-electron chi connectivity index (χ4n) is 3.15. The van der Waals surface area contributed by atoms with E-state index in [-0.39, 0.29) is 11.4 Å². The van der Waals surface area contributed by atoms with Crippen molar-refractivity contribution < 1.29 is 9.53 Å². The summed E-state index contributed by atoms with van der Waals surface area (Å²) in [6, 6.07) is 9.62. The van der Waals surface area contributed by atoms with Gasteiger partial charge >= 0.3 is 0 Å². The first-order chi connectivity index (χ1) is 10.6. The van der Waals surface area contributed by atoms with Crippen LogP contribution >= 0.6 is 22.9 Å². The van der Waals surface area contributed by atoms with Gasteiger partial charge < -0.3 is 10.1 Å². The molecule has 0 radical (unpaired) electrons. The minimum atomic E-state index is -0.322. The van der Waals surface area contributed by atoms with Gasteiger partial charge in [-0.3, -0.25) is 4.79 Å². The Morgan fingerprint density at radius 1 is 1.32 bits per heavy atom. The Balaban J connectivity index is 1.91. The third-order valence-corrected chi connectivity index (χ3v) is 5.37. The third kappa shape index (κ3) is 2.85.